The van der Waals surface area contributed by atoms with Crippen LogP contribution in [0.15, 0.2) is 0 Å². The number of sulfone groups is 1. The fourth-order valence-corrected chi connectivity index (χ4v) is 3.51. The Morgan fingerprint density at radius 1 is 1.39 bits per heavy atom. The van der Waals surface area contributed by atoms with Gasteiger partial charge in [0.1, 0.15) is 0 Å². The summed E-state index contributed by atoms with van der Waals surface area (Å²) >= 11 is 0. The van der Waals surface area contributed by atoms with E-state index in [2.05, 4.69) is 4.90 Å². The molecule has 0 aromatic rings. The first kappa shape index (κ1) is 15.4. The number of hydrogen-bond donors (Lipinski definition) is 2. The summed E-state index contributed by atoms with van der Waals surface area (Å²) < 4.78 is 23.3. The smallest absolute Gasteiger partial charge is 0.218 e. The van der Waals surface area contributed by atoms with E-state index in [1.54, 1.807) is 0 Å². The lowest BCUT2D eigenvalue weighted by Gasteiger charge is -2.23. The van der Waals surface area contributed by atoms with Gasteiger partial charge in [-0.15, -0.1) is 0 Å². The van der Waals surface area contributed by atoms with E-state index in [-0.39, 0.29) is 24.5 Å². The molecule has 3 N–H and O–H groups in total. The standard InChI is InChI=1S/C11H22N2O4S/c12-11(15)4-8-18(16,17)9-6-13-5-1-2-10(13)3-7-14/h10,14H,1-9H2,(H2,12,15). The molecule has 106 valence electrons. The SMILES string of the molecule is NC(=O)CCS(=O)(=O)CCN1CCCC1CCO. The topological polar surface area (TPSA) is 101 Å². The van der Waals surface area contributed by atoms with Crippen LogP contribution >= 0.6 is 0 Å². The second-order valence-corrected chi connectivity index (χ2v) is 7.02. The van der Waals surface area contributed by atoms with Gasteiger partial charge < -0.3 is 10.8 Å². The van der Waals surface area contributed by atoms with Crippen LogP contribution in [-0.4, -0.2) is 61.6 Å². The van der Waals surface area contributed by atoms with Crippen LogP contribution in [-0.2, 0) is 14.6 Å². The van der Waals surface area contributed by atoms with E-state index >= 15 is 0 Å². The third kappa shape index (κ3) is 5.32. The highest BCUT2D eigenvalue weighted by atomic mass is 32.2. The molecule has 0 spiro atoms. The maximum Gasteiger partial charge on any atom is 0.218 e. The molecule has 0 radical (unpaired) electrons. The Morgan fingerprint density at radius 2 is 2.11 bits per heavy atom. The minimum atomic E-state index is -3.21. The van der Waals surface area contributed by atoms with Crippen LogP contribution in [0.1, 0.15) is 25.7 Å². The average Bonchev–Trinajstić information content (AvgIpc) is 2.72. The molecule has 18 heavy (non-hydrogen) atoms. The minimum absolute atomic E-state index is 0.0577. The molecule has 1 rings (SSSR count). The van der Waals surface area contributed by atoms with Crippen LogP contribution < -0.4 is 5.73 Å². The van der Waals surface area contributed by atoms with Gasteiger partial charge >= 0.3 is 0 Å². The molecule has 1 aliphatic heterocycles. The van der Waals surface area contributed by atoms with Gasteiger partial charge in [-0.05, 0) is 25.8 Å². The average molecular weight is 278 g/mol. The number of carbonyl (C=O) groups is 1. The minimum Gasteiger partial charge on any atom is -0.396 e. The Kier molecular flexibility index (Phi) is 6.04. The van der Waals surface area contributed by atoms with Gasteiger partial charge in [0.05, 0.1) is 11.5 Å². The summed E-state index contributed by atoms with van der Waals surface area (Å²) in [5.41, 5.74) is 4.94. The van der Waals surface area contributed by atoms with Crippen molar-refractivity contribution in [3.63, 3.8) is 0 Å². The molecule has 6 nitrogen and oxygen atoms in total. The number of hydrogen-bond acceptors (Lipinski definition) is 5. The number of nitrogens with two attached hydrogens (primary N) is 1. The lowest BCUT2D eigenvalue weighted by Crippen LogP contribution is -2.35. The van der Waals surface area contributed by atoms with Crippen molar-refractivity contribution in [3.8, 4) is 0 Å². The van der Waals surface area contributed by atoms with Crippen LogP contribution in [0, 0.1) is 0 Å². The zero-order valence-corrected chi connectivity index (χ0v) is 11.4. The molecule has 1 aliphatic rings. The Balaban J connectivity index is 2.37. The lowest BCUT2D eigenvalue weighted by atomic mass is 10.1. The van der Waals surface area contributed by atoms with Crippen molar-refractivity contribution >= 4 is 15.7 Å². The summed E-state index contributed by atoms with van der Waals surface area (Å²) in [4.78, 5) is 12.7. The first-order valence-corrected chi connectivity index (χ1v) is 8.10. The highest BCUT2D eigenvalue weighted by molar-refractivity contribution is 7.91. The lowest BCUT2D eigenvalue weighted by molar-refractivity contribution is -0.117. The second kappa shape index (κ2) is 7.06. The number of aliphatic hydroxyl groups excluding tert-OH is 1. The Morgan fingerprint density at radius 3 is 2.72 bits per heavy atom. The van der Waals surface area contributed by atoms with Crippen molar-refractivity contribution in [1.82, 2.24) is 4.90 Å². The third-order valence-electron chi connectivity index (χ3n) is 3.31. The maximum atomic E-state index is 11.7. The van der Waals surface area contributed by atoms with E-state index in [1.165, 1.54) is 0 Å². The number of amides is 1. The summed E-state index contributed by atoms with van der Waals surface area (Å²) in [6.07, 6.45) is 2.65. The molecule has 0 aromatic heterocycles. The van der Waals surface area contributed by atoms with E-state index < -0.39 is 15.7 Å². The summed E-state index contributed by atoms with van der Waals surface area (Å²) in [6.45, 7) is 1.50. The molecule has 0 aromatic carbocycles. The summed E-state index contributed by atoms with van der Waals surface area (Å²) in [5, 5.41) is 8.92. The molecule has 1 fully saturated rings. The van der Waals surface area contributed by atoms with Crippen LogP contribution in [0.5, 0.6) is 0 Å². The van der Waals surface area contributed by atoms with Gasteiger partial charge in [0.25, 0.3) is 0 Å². The van der Waals surface area contributed by atoms with Crippen molar-refractivity contribution in [2.24, 2.45) is 5.73 Å². The predicted octanol–water partition coefficient (Wildman–Crippen LogP) is -0.877. The number of rotatable bonds is 8. The fourth-order valence-electron chi connectivity index (χ4n) is 2.28. The van der Waals surface area contributed by atoms with Gasteiger partial charge in [0, 0.05) is 25.6 Å². The normalized spacial score (nSPS) is 21.3. The molecule has 1 saturated heterocycles. The van der Waals surface area contributed by atoms with Gasteiger partial charge in [-0.1, -0.05) is 0 Å². The largest absolute Gasteiger partial charge is 0.396 e. The highest BCUT2D eigenvalue weighted by Gasteiger charge is 2.25. The van der Waals surface area contributed by atoms with E-state index in [0.29, 0.717) is 19.0 Å². The van der Waals surface area contributed by atoms with Crippen LogP contribution in [0.4, 0.5) is 0 Å². The van der Waals surface area contributed by atoms with Gasteiger partial charge in [-0.2, -0.15) is 0 Å². The molecule has 1 unspecified atom stereocenters. The van der Waals surface area contributed by atoms with Crippen LogP contribution in [0.3, 0.4) is 0 Å². The van der Waals surface area contributed by atoms with Gasteiger partial charge in [0.15, 0.2) is 9.84 Å². The fraction of sp³-hybridized carbons (Fsp3) is 0.909. The number of carbonyl (C=O) groups excluding carboxylic acids is 1. The molecular formula is C11H22N2O4S. The molecule has 1 amide bonds. The summed E-state index contributed by atoms with van der Waals surface area (Å²) in [5.74, 6) is -0.693. The summed E-state index contributed by atoms with van der Waals surface area (Å²) in [7, 11) is -3.21. The number of likely N-dealkylation sites (tertiary alicyclic amines) is 1. The number of primary amides is 1. The molecule has 0 aliphatic carbocycles. The van der Waals surface area contributed by atoms with Gasteiger partial charge in [-0.3, -0.25) is 9.69 Å². The zero-order chi connectivity index (χ0) is 13.6. The maximum absolute atomic E-state index is 11.7. The molecule has 7 heteroatoms. The van der Waals surface area contributed by atoms with E-state index in [9.17, 15) is 13.2 Å². The number of aliphatic hydroxyl groups is 1. The monoisotopic (exact) mass is 278 g/mol. The predicted molar refractivity (Wildman–Crippen MR) is 68.8 cm³/mol. The van der Waals surface area contributed by atoms with Crippen molar-refractivity contribution in [2.75, 3.05) is 31.2 Å². The van der Waals surface area contributed by atoms with E-state index in [1.807, 2.05) is 0 Å². The van der Waals surface area contributed by atoms with Crippen molar-refractivity contribution < 1.29 is 18.3 Å². The molecule has 0 bridgehead atoms. The van der Waals surface area contributed by atoms with E-state index in [0.717, 1.165) is 19.4 Å². The zero-order valence-electron chi connectivity index (χ0n) is 10.5. The third-order valence-corrected chi connectivity index (χ3v) is 4.94. The highest BCUT2D eigenvalue weighted by Crippen LogP contribution is 2.19. The Hall–Kier alpha value is -0.660. The molecule has 0 saturated carbocycles. The van der Waals surface area contributed by atoms with E-state index in [4.69, 9.17) is 10.8 Å². The van der Waals surface area contributed by atoms with Crippen molar-refractivity contribution in [1.29, 1.82) is 0 Å². The molecular weight excluding hydrogens is 256 g/mol. The van der Waals surface area contributed by atoms with Gasteiger partial charge in [-0.25, -0.2) is 8.42 Å². The second-order valence-electron chi connectivity index (χ2n) is 4.71. The quantitative estimate of drug-likeness (QED) is 0.600. The Labute approximate surface area is 108 Å². The van der Waals surface area contributed by atoms with Gasteiger partial charge in [0.2, 0.25) is 5.91 Å². The van der Waals surface area contributed by atoms with Crippen molar-refractivity contribution in [2.45, 2.75) is 31.7 Å². The Bertz CT molecular complexity index is 369. The van der Waals surface area contributed by atoms with Crippen LogP contribution in [0.25, 0.3) is 0 Å². The molecule has 1 atom stereocenters. The van der Waals surface area contributed by atoms with Crippen LogP contribution in [0.2, 0.25) is 0 Å². The first-order chi connectivity index (χ1) is 8.44. The first-order valence-electron chi connectivity index (χ1n) is 6.28. The van der Waals surface area contributed by atoms with Crippen molar-refractivity contribution in [3.05, 3.63) is 0 Å². The molecule has 1 heterocycles. The summed E-state index contributed by atoms with van der Waals surface area (Å²) in [6, 6.07) is 0.293. The number of nitrogens with zero attached hydrogens (tertiary/aromatic N) is 1.